The van der Waals surface area contributed by atoms with Gasteiger partial charge in [-0.3, -0.25) is 9.59 Å². The van der Waals surface area contributed by atoms with Crippen molar-refractivity contribution in [1.82, 2.24) is 15.2 Å². The average Bonchev–Trinajstić information content (AvgIpc) is 2.87. The molecule has 1 aromatic heterocycles. The zero-order chi connectivity index (χ0) is 18.7. The third-order valence-corrected chi connectivity index (χ3v) is 6.61. The normalized spacial score (nSPS) is 21.3. The molecule has 2 amide bonds. The van der Waals surface area contributed by atoms with Crippen LogP contribution in [0.25, 0.3) is 0 Å². The van der Waals surface area contributed by atoms with Gasteiger partial charge in [0.2, 0.25) is 5.91 Å². The van der Waals surface area contributed by atoms with Crippen molar-refractivity contribution in [2.45, 2.75) is 26.3 Å². The van der Waals surface area contributed by atoms with Crippen LogP contribution >= 0.6 is 0 Å². The summed E-state index contributed by atoms with van der Waals surface area (Å²) in [6.45, 7) is 3.28. The zero-order valence-corrected chi connectivity index (χ0v) is 15.6. The molecule has 0 saturated carbocycles. The van der Waals surface area contributed by atoms with Crippen molar-refractivity contribution in [3.05, 3.63) is 23.4 Å². The van der Waals surface area contributed by atoms with Crippen LogP contribution in [0.15, 0.2) is 12.1 Å². The molecule has 1 fully saturated rings. The van der Waals surface area contributed by atoms with Gasteiger partial charge in [-0.2, -0.15) is 0 Å². The van der Waals surface area contributed by atoms with Gasteiger partial charge in [0.25, 0.3) is 5.91 Å². The first kappa shape index (κ1) is 18.6. The van der Waals surface area contributed by atoms with E-state index in [1.54, 1.807) is 17.0 Å². The fourth-order valence-electron chi connectivity index (χ4n) is 3.41. The molecule has 2 aliphatic rings. The maximum Gasteiger partial charge on any atom is 0.256 e. The number of hydrogen-bond acceptors (Lipinski definition) is 6. The molecule has 2 aliphatic heterocycles. The van der Waals surface area contributed by atoms with Crippen LogP contribution in [0.3, 0.4) is 0 Å². The Balaban J connectivity index is 1.57. The smallest absolute Gasteiger partial charge is 0.256 e. The molecule has 9 heteroatoms. The molecule has 2 N–H and O–H groups in total. The summed E-state index contributed by atoms with van der Waals surface area (Å²) >= 11 is 0. The number of nitrogens with zero attached hydrogens (tertiary/aromatic N) is 2. The fourth-order valence-corrected chi connectivity index (χ4v) is 5.19. The summed E-state index contributed by atoms with van der Waals surface area (Å²) in [4.78, 5) is 29.4. The van der Waals surface area contributed by atoms with Crippen molar-refractivity contribution >= 4 is 27.5 Å². The van der Waals surface area contributed by atoms with E-state index in [4.69, 9.17) is 0 Å². The van der Waals surface area contributed by atoms with Crippen molar-refractivity contribution < 1.29 is 18.0 Å². The van der Waals surface area contributed by atoms with Gasteiger partial charge in [0.1, 0.15) is 5.82 Å². The summed E-state index contributed by atoms with van der Waals surface area (Å²) in [6.07, 6.45) is 1.61. The number of nitrogens with one attached hydrogen (secondary N) is 2. The number of carbonyl (C=O) groups is 2. The molecular formula is C17H24N4O4S. The van der Waals surface area contributed by atoms with Crippen molar-refractivity contribution in [2.75, 3.05) is 36.5 Å². The average molecular weight is 380 g/mol. The van der Waals surface area contributed by atoms with E-state index in [0.717, 1.165) is 6.42 Å². The van der Waals surface area contributed by atoms with Crippen LogP contribution in [-0.4, -0.2) is 61.3 Å². The highest BCUT2D eigenvalue weighted by Gasteiger charge is 2.29. The van der Waals surface area contributed by atoms with E-state index in [-0.39, 0.29) is 29.2 Å². The molecule has 8 nitrogen and oxygen atoms in total. The molecule has 1 aromatic rings. The lowest BCUT2D eigenvalue weighted by Crippen LogP contribution is -2.34. The van der Waals surface area contributed by atoms with Crippen LogP contribution in [0.5, 0.6) is 0 Å². The minimum absolute atomic E-state index is 0.0808. The molecule has 0 aliphatic carbocycles. The summed E-state index contributed by atoms with van der Waals surface area (Å²) in [5, 5.41) is 5.89. The lowest BCUT2D eigenvalue weighted by Gasteiger charge is -2.22. The van der Waals surface area contributed by atoms with E-state index < -0.39 is 9.84 Å². The summed E-state index contributed by atoms with van der Waals surface area (Å²) in [5.41, 5.74) is 1.29. The van der Waals surface area contributed by atoms with Gasteiger partial charge in [0.05, 0.1) is 29.3 Å². The fraction of sp³-hybridized carbons (Fsp3) is 0.588. The number of aromatic nitrogens is 1. The maximum absolute atomic E-state index is 12.3. The third kappa shape index (κ3) is 4.51. The Hall–Kier alpha value is -2.16. The molecule has 1 atom stereocenters. The van der Waals surface area contributed by atoms with Crippen molar-refractivity contribution in [1.29, 1.82) is 0 Å². The van der Waals surface area contributed by atoms with Gasteiger partial charge in [-0.1, -0.05) is 0 Å². The van der Waals surface area contributed by atoms with Crippen LogP contribution < -0.4 is 10.6 Å². The predicted octanol–water partition coefficient (Wildman–Crippen LogP) is 0.410. The van der Waals surface area contributed by atoms with Crippen LogP contribution in [0.4, 0.5) is 5.82 Å². The van der Waals surface area contributed by atoms with Gasteiger partial charge < -0.3 is 15.5 Å². The second-order valence-corrected chi connectivity index (χ2v) is 9.13. The summed E-state index contributed by atoms with van der Waals surface area (Å²) in [7, 11) is -2.92. The first-order valence-electron chi connectivity index (χ1n) is 8.82. The number of hydrogen-bond donors (Lipinski definition) is 2. The Kier molecular flexibility index (Phi) is 5.45. The summed E-state index contributed by atoms with van der Waals surface area (Å²) < 4.78 is 23.4. The van der Waals surface area contributed by atoms with Crippen LogP contribution in [-0.2, 0) is 21.2 Å². The lowest BCUT2D eigenvalue weighted by molar-refractivity contribution is -0.119. The van der Waals surface area contributed by atoms with Crippen molar-refractivity contribution in [3.63, 3.8) is 0 Å². The number of pyridine rings is 1. The SMILES string of the molecule is CC(=O)NCCN1Cc2nc(NC[C@H]3CCCS(=O)(=O)C3)ccc2C1=O. The quantitative estimate of drug-likeness (QED) is 0.740. The predicted molar refractivity (Wildman–Crippen MR) is 97.5 cm³/mol. The minimum atomic E-state index is -2.92. The molecule has 3 heterocycles. The Morgan fingerprint density at radius 1 is 1.38 bits per heavy atom. The number of amides is 2. The first-order valence-corrected chi connectivity index (χ1v) is 10.6. The van der Waals surface area contributed by atoms with Gasteiger partial charge in [-0.25, -0.2) is 13.4 Å². The Morgan fingerprint density at radius 3 is 2.92 bits per heavy atom. The van der Waals surface area contributed by atoms with Crippen LogP contribution in [0.1, 0.15) is 35.8 Å². The third-order valence-electron chi connectivity index (χ3n) is 4.72. The second kappa shape index (κ2) is 7.61. The van der Waals surface area contributed by atoms with Gasteiger partial charge in [0.15, 0.2) is 9.84 Å². The summed E-state index contributed by atoms with van der Waals surface area (Å²) in [6, 6.07) is 3.51. The van der Waals surface area contributed by atoms with E-state index in [2.05, 4.69) is 15.6 Å². The van der Waals surface area contributed by atoms with E-state index in [1.165, 1.54) is 6.92 Å². The molecule has 0 aromatic carbocycles. The van der Waals surface area contributed by atoms with Gasteiger partial charge in [0, 0.05) is 26.6 Å². The molecule has 0 radical (unpaired) electrons. The van der Waals surface area contributed by atoms with Gasteiger partial charge in [-0.15, -0.1) is 0 Å². The van der Waals surface area contributed by atoms with Gasteiger partial charge >= 0.3 is 0 Å². The van der Waals surface area contributed by atoms with Crippen molar-refractivity contribution in [2.24, 2.45) is 5.92 Å². The van der Waals surface area contributed by atoms with E-state index in [0.29, 0.717) is 49.7 Å². The number of rotatable bonds is 6. The Labute approximate surface area is 153 Å². The number of fused-ring (bicyclic) bond motifs is 1. The Morgan fingerprint density at radius 2 is 2.19 bits per heavy atom. The van der Waals surface area contributed by atoms with E-state index in [9.17, 15) is 18.0 Å². The number of anilines is 1. The molecule has 0 spiro atoms. The molecule has 142 valence electrons. The Bertz CT molecular complexity index is 809. The van der Waals surface area contributed by atoms with E-state index >= 15 is 0 Å². The number of carbonyl (C=O) groups excluding carboxylic acids is 2. The number of sulfone groups is 1. The minimum Gasteiger partial charge on any atom is -0.370 e. The van der Waals surface area contributed by atoms with Gasteiger partial charge in [-0.05, 0) is 30.9 Å². The molecule has 0 unspecified atom stereocenters. The van der Waals surface area contributed by atoms with E-state index in [1.807, 2.05) is 0 Å². The zero-order valence-electron chi connectivity index (χ0n) is 14.8. The highest BCUT2D eigenvalue weighted by molar-refractivity contribution is 7.91. The standard InChI is InChI=1S/C17H24N4O4S/c1-12(22)18-6-7-21-10-15-14(17(21)23)4-5-16(20-15)19-9-13-3-2-8-26(24,25)11-13/h4-5,13H,2-3,6-11H2,1H3,(H,18,22)(H,19,20)/t13-/m1/s1. The molecule has 26 heavy (non-hydrogen) atoms. The lowest BCUT2D eigenvalue weighted by atomic mass is 10.1. The first-order chi connectivity index (χ1) is 12.3. The van der Waals surface area contributed by atoms with Crippen molar-refractivity contribution in [3.8, 4) is 0 Å². The van der Waals surface area contributed by atoms with Crippen LogP contribution in [0.2, 0.25) is 0 Å². The molecule has 1 saturated heterocycles. The molecule has 3 rings (SSSR count). The summed E-state index contributed by atoms with van der Waals surface area (Å²) in [5.74, 6) is 1.06. The highest BCUT2D eigenvalue weighted by atomic mass is 32.2. The monoisotopic (exact) mass is 380 g/mol. The topological polar surface area (TPSA) is 108 Å². The largest absolute Gasteiger partial charge is 0.370 e. The molecule has 0 bridgehead atoms. The molecular weight excluding hydrogens is 356 g/mol. The maximum atomic E-state index is 12.3. The highest BCUT2D eigenvalue weighted by Crippen LogP contribution is 2.23. The second-order valence-electron chi connectivity index (χ2n) is 6.90. The van der Waals surface area contributed by atoms with Crippen LogP contribution in [0, 0.1) is 5.92 Å².